The SMILES string of the molecule is CC(=O)c1c[nH]c(C(=O)NCc2cccc(C(=O)O)c2)c1. The van der Waals surface area contributed by atoms with Crippen molar-refractivity contribution in [1.29, 1.82) is 0 Å². The number of amides is 1. The predicted molar refractivity (Wildman–Crippen MR) is 75.4 cm³/mol. The lowest BCUT2D eigenvalue weighted by Crippen LogP contribution is -2.23. The number of aromatic amines is 1. The van der Waals surface area contributed by atoms with Crippen LogP contribution in [0.3, 0.4) is 0 Å². The third kappa shape index (κ3) is 3.56. The van der Waals surface area contributed by atoms with E-state index in [1.54, 1.807) is 12.1 Å². The van der Waals surface area contributed by atoms with Gasteiger partial charge in [-0.3, -0.25) is 9.59 Å². The monoisotopic (exact) mass is 286 g/mol. The van der Waals surface area contributed by atoms with Crippen molar-refractivity contribution in [3.63, 3.8) is 0 Å². The summed E-state index contributed by atoms with van der Waals surface area (Å²) in [4.78, 5) is 36.6. The molecule has 6 nitrogen and oxygen atoms in total. The molecule has 2 rings (SSSR count). The van der Waals surface area contributed by atoms with Crippen molar-refractivity contribution in [3.05, 3.63) is 58.9 Å². The first kappa shape index (κ1) is 14.5. The highest BCUT2D eigenvalue weighted by atomic mass is 16.4. The average Bonchev–Trinajstić information content (AvgIpc) is 2.95. The molecule has 2 aromatic rings. The van der Waals surface area contributed by atoms with E-state index in [1.165, 1.54) is 31.3 Å². The van der Waals surface area contributed by atoms with Crippen molar-refractivity contribution < 1.29 is 19.5 Å². The van der Waals surface area contributed by atoms with Gasteiger partial charge in [0.2, 0.25) is 0 Å². The number of carbonyl (C=O) groups excluding carboxylic acids is 2. The van der Waals surface area contributed by atoms with E-state index < -0.39 is 5.97 Å². The van der Waals surface area contributed by atoms with Crippen molar-refractivity contribution in [2.75, 3.05) is 0 Å². The quantitative estimate of drug-likeness (QED) is 0.730. The van der Waals surface area contributed by atoms with Gasteiger partial charge in [0.25, 0.3) is 5.91 Å². The van der Waals surface area contributed by atoms with Gasteiger partial charge in [-0.2, -0.15) is 0 Å². The van der Waals surface area contributed by atoms with Crippen molar-refractivity contribution in [2.24, 2.45) is 0 Å². The molecule has 0 aliphatic carbocycles. The number of H-pyrrole nitrogens is 1. The fourth-order valence-corrected chi connectivity index (χ4v) is 1.82. The molecule has 0 aliphatic heterocycles. The Bertz CT molecular complexity index is 703. The minimum atomic E-state index is -1.02. The maximum absolute atomic E-state index is 11.9. The molecule has 0 saturated carbocycles. The molecule has 6 heteroatoms. The van der Waals surface area contributed by atoms with Gasteiger partial charge in [0, 0.05) is 18.3 Å². The van der Waals surface area contributed by atoms with Crippen LogP contribution in [-0.2, 0) is 6.54 Å². The number of aromatic nitrogens is 1. The van der Waals surface area contributed by atoms with E-state index in [9.17, 15) is 14.4 Å². The maximum Gasteiger partial charge on any atom is 0.335 e. The molecule has 0 aliphatic rings. The molecule has 0 atom stereocenters. The second-order valence-electron chi connectivity index (χ2n) is 4.55. The van der Waals surface area contributed by atoms with Crippen LogP contribution in [0.5, 0.6) is 0 Å². The molecular formula is C15H14N2O4. The third-order valence-electron chi connectivity index (χ3n) is 2.96. The van der Waals surface area contributed by atoms with Gasteiger partial charge in [-0.05, 0) is 30.7 Å². The van der Waals surface area contributed by atoms with Crippen LogP contribution in [0, 0.1) is 0 Å². The minimum Gasteiger partial charge on any atom is -0.478 e. The minimum absolute atomic E-state index is 0.126. The summed E-state index contributed by atoms with van der Waals surface area (Å²) >= 11 is 0. The Kier molecular flexibility index (Phi) is 4.18. The average molecular weight is 286 g/mol. The molecule has 21 heavy (non-hydrogen) atoms. The highest BCUT2D eigenvalue weighted by Gasteiger charge is 2.10. The van der Waals surface area contributed by atoms with Gasteiger partial charge in [0.15, 0.2) is 5.78 Å². The van der Waals surface area contributed by atoms with E-state index in [4.69, 9.17) is 5.11 Å². The summed E-state index contributed by atoms with van der Waals surface area (Å²) in [5.74, 6) is -1.50. The summed E-state index contributed by atoms with van der Waals surface area (Å²) < 4.78 is 0. The molecule has 1 heterocycles. The zero-order valence-electron chi connectivity index (χ0n) is 11.3. The summed E-state index contributed by atoms with van der Waals surface area (Å²) in [6, 6.07) is 7.80. The van der Waals surface area contributed by atoms with Gasteiger partial charge >= 0.3 is 5.97 Å². The first-order valence-electron chi connectivity index (χ1n) is 6.27. The number of carboxylic acid groups (broad SMARTS) is 1. The Morgan fingerprint density at radius 1 is 1.19 bits per heavy atom. The van der Waals surface area contributed by atoms with Crippen LogP contribution in [0.25, 0.3) is 0 Å². The van der Waals surface area contributed by atoms with Crippen molar-refractivity contribution in [3.8, 4) is 0 Å². The molecule has 1 aromatic carbocycles. The molecule has 0 spiro atoms. The number of carboxylic acids is 1. The Hall–Kier alpha value is -2.89. The normalized spacial score (nSPS) is 10.1. The summed E-state index contributed by atoms with van der Waals surface area (Å²) in [5, 5.41) is 11.6. The summed E-state index contributed by atoms with van der Waals surface area (Å²) in [6.45, 7) is 1.62. The third-order valence-corrected chi connectivity index (χ3v) is 2.96. The number of ketones is 1. The first-order chi connectivity index (χ1) is 9.97. The maximum atomic E-state index is 11.9. The van der Waals surface area contributed by atoms with Crippen LogP contribution in [-0.4, -0.2) is 27.8 Å². The molecule has 1 amide bonds. The van der Waals surface area contributed by atoms with E-state index in [0.29, 0.717) is 11.1 Å². The van der Waals surface area contributed by atoms with Gasteiger partial charge in [-0.15, -0.1) is 0 Å². The molecule has 3 N–H and O–H groups in total. The summed E-state index contributed by atoms with van der Waals surface area (Å²) in [6.07, 6.45) is 1.47. The van der Waals surface area contributed by atoms with Gasteiger partial charge < -0.3 is 15.4 Å². The first-order valence-corrected chi connectivity index (χ1v) is 6.27. The molecule has 0 saturated heterocycles. The Morgan fingerprint density at radius 3 is 2.57 bits per heavy atom. The number of Topliss-reactive ketones (excluding diaryl/α,β-unsaturated/α-hetero) is 1. The number of aromatic carboxylic acids is 1. The summed E-state index contributed by atoms with van der Waals surface area (Å²) in [5.41, 5.74) is 1.57. The van der Waals surface area contributed by atoms with Crippen LogP contribution in [0.4, 0.5) is 0 Å². The lowest BCUT2D eigenvalue weighted by molar-refractivity contribution is 0.0696. The van der Waals surface area contributed by atoms with Crippen LogP contribution in [0.15, 0.2) is 36.5 Å². The fraction of sp³-hybridized carbons (Fsp3) is 0.133. The molecule has 0 radical (unpaired) electrons. The Morgan fingerprint density at radius 2 is 1.95 bits per heavy atom. The topological polar surface area (TPSA) is 99.3 Å². The molecule has 1 aromatic heterocycles. The lowest BCUT2D eigenvalue weighted by Gasteiger charge is -2.05. The summed E-state index contributed by atoms with van der Waals surface area (Å²) in [7, 11) is 0. The van der Waals surface area contributed by atoms with Crippen LogP contribution in [0.2, 0.25) is 0 Å². The number of hydrogen-bond donors (Lipinski definition) is 3. The fourth-order valence-electron chi connectivity index (χ4n) is 1.82. The Balaban J connectivity index is 2.02. The molecule has 0 bridgehead atoms. The van der Waals surface area contributed by atoms with Gasteiger partial charge in [0.05, 0.1) is 5.56 Å². The van der Waals surface area contributed by atoms with Crippen LogP contribution in [0.1, 0.15) is 43.7 Å². The number of hydrogen-bond acceptors (Lipinski definition) is 3. The second kappa shape index (κ2) is 6.04. The van der Waals surface area contributed by atoms with E-state index in [0.717, 1.165) is 0 Å². The smallest absolute Gasteiger partial charge is 0.335 e. The van der Waals surface area contributed by atoms with Crippen LogP contribution < -0.4 is 5.32 Å². The van der Waals surface area contributed by atoms with Gasteiger partial charge in [0.1, 0.15) is 5.69 Å². The highest BCUT2D eigenvalue weighted by Crippen LogP contribution is 2.07. The highest BCUT2D eigenvalue weighted by molar-refractivity contribution is 5.99. The molecule has 0 unspecified atom stereocenters. The zero-order chi connectivity index (χ0) is 15.4. The number of rotatable bonds is 5. The standard InChI is InChI=1S/C15H14N2O4/c1-9(18)12-6-13(16-8-12)14(19)17-7-10-3-2-4-11(5-10)15(20)21/h2-6,8,16H,7H2,1H3,(H,17,19)(H,20,21). The van der Waals surface area contributed by atoms with E-state index in [-0.39, 0.29) is 29.5 Å². The van der Waals surface area contributed by atoms with Gasteiger partial charge in [-0.1, -0.05) is 12.1 Å². The van der Waals surface area contributed by atoms with Crippen molar-refractivity contribution in [2.45, 2.75) is 13.5 Å². The second-order valence-corrected chi connectivity index (χ2v) is 4.55. The largest absolute Gasteiger partial charge is 0.478 e. The number of benzene rings is 1. The number of carbonyl (C=O) groups is 3. The van der Waals surface area contributed by atoms with E-state index in [2.05, 4.69) is 10.3 Å². The molecular weight excluding hydrogens is 272 g/mol. The van der Waals surface area contributed by atoms with Crippen molar-refractivity contribution >= 4 is 17.7 Å². The van der Waals surface area contributed by atoms with E-state index in [1.807, 2.05) is 0 Å². The molecule has 108 valence electrons. The lowest BCUT2D eigenvalue weighted by atomic mass is 10.1. The molecule has 0 fully saturated rings. The Labute approximate surface area is 120 Å². The number of nitrogens with one attached hydrogen (secondary N) is 2. The predicted octanol–water partition coefficient (Wildman–Crippen LogP) is 1.85. The van der Waals surface area contributed by atoms with E-state index >= 15 is 0 Å². The van der Waals surface area contributed by atoms with Crippen molar-refractivity contribution in [1.82, 2.24) is 10.3 Å². The van der Waals surface area contributed by atoms with Gasteiger partial charge in [-0.25, -0.2) is 4.79 Å². The zero-order valence-corrected chi connectivity index (χ0v) is 11.3. The van der Waals surface area contributed by atoms with Crippen LogP contribution >= 0.6 is 0 Å².